The molecule has 3 saturated heterocycles. The molecule has 0 aromatic heterocycles. The minimum atomic E-state index is -1.27. The highest BCUT2D eigenvalue weighted by Gasteiger charge is 2.88. The van der Waals surface area contributed by atoms with Crippen LogP contribution in [0.25, 0.3) is 0 Å². The molecule has 17 atom stereocenters. The summed E-state index contributed by atoms with van der Waals surface area (Å²) in [6.07, 6.45) is 2.97. The van der Waals surface area contributed by atoms with Crippen LogP contribution in [-0.2, 0) is 18.9 Å². The summed E-state index contributed by atoms with van der Waals surface area (Å²) in [6.45, 7) is 18.1. The molecule has 0 aromatic rings. The van der Waals surface area contributed by atoms with Gasteiger partial charge in [-0.2, -0.15) is 0 Å². The van der Waals surface area contributed by atoms with Crippen molar-refractivity contribution >= 4 is 0 Å². The van der Waals surface area contributed by atoms with Crippen LogP contribution in [0.2, 0.25) is 0 Å². The molecule has 8 rings (SSSR count). The molecule has 242 valence electrons. The highest BCUT2D eigenvalue weighted by Crippen LogP contribution is 2.90. The lowest BCUT2D eigenvalue weighted by Crippen LogP contribution is -2.61. The summed E-state index contributed by atoms with van der Waals surface area (Å²) in [5.74, 6) is 0.477. The Hall–Kier alpha value is -0.580. The molecule has 4 N–H and O–H groups in total. The van der Waals surface area contributed by atoms with E-state index in [4.69, 9.17) is 18.9 Å². The second kappa shape index (κ2) is 8.85. The van der Waals surface area contributed by atoms with E-state index in [1.165, 1.54) is 12.8 Å². The van der Waals surface area contributed by atoms with E-state index in [2.05, 4.69) is 41.2 Å². The zero-order chi connectivity index (χ0) is 30.7. The second-order valence-corrected chi connectivity index (χ2v) is 17.5. The van der Waals surface area contributed by atoms with E-state index in [1.54, 1.807) is 0 Å². The van der Waals surface area contributed by atoms with Crippen molar-refractivity contribution in [3.8, 4) is 0 Å². The Kier molecular flexibility index (Phi) is 6.14. The van der Waals surface area contributed by atoms with E-state index >= 15 is 0 Å². The largest absolute Gasteiger partial charge is 0.388 e. The SMILES string of the molecule is C=C(C)[C@@H]1O[C@@]23O[C@H]1C[C@@H](C)[C@@H]2[C@@]1(C)CC[C@@]24C[C@@]25CC[C@H](O[C@@H]2OC[C@H](O)[C@H](O)[C@H]2O)C(C)(C)[C@@H]5CC[C@H]4[C@]1(C)[C@H]3O. The maximum atomic E-state index is 12.6. The fourth-order valence-electron chi connectivity index (χ4n) is 13.8. The number of aliphatic hydroxyl groups excluding tert-OH is 4. The van der Waals surface area contributed by atoms with Crippen LogP contribution in [0, 0.1) is 50.7 Å². The molecule has 8 heteroatoms. The van der Waals surface area contributed by atoms with E-state index in [1.807, 2.05) is 6.92 Å². The molecule has 0 radical (unpaired) electrons. The van der Waals surface area contributed by atoms with Crippen LogP contribution in [0.4, 0.5) is 0 Å². The van der Waals surface area contributed by atoms with E-state index < -0.39 is 36.5 Å². The number of hydrogen-bond donors (Lipinski definition) is 4. The lowest BCUT2D eigenvalue weighted by molar-refractivity contribution is -0.303. The summed E-state index contributed by atoms with van der Waals surface area (Å²) in [5, 5.41) is 43.4. The van der Waals surface area contributed by atoms with Crippen LogP contribution in [0.3, 0.4) is 0 Å². The number of hydrogen-bond acceptors (Lipinski definition) is 8. The van der Waals surface area contributed by atoms with E-state index in [0.717, 1.165) is 44.1 Å². The van der Waals surface area contributed by atoms with Crippen LogP contribution in [0.15, 0.2) is 12.2 Å². The molecule has 8 nitrogen and oxygen atoms in total. The van der Waals surface area contributed by atoms with Crippen LogP contribution in [0.5, 0.6) is 0 Å². The average Bonchev–Trinajstić information content (AvgIpc) is 3.46. The van der Waals surface area contributed by atoms with E-state index in [-0.39, 0.29) is 57.9 Å². The third-order valence-electron chi connectivity index (χ3n) is 15.7. The summed E-state index contributed by atoms with van der Waals surface area (Å²) in [6, 6.07) is 0. The molecule has 3 heterocycles. The summed E-state index contributed by atoms with van der Waals surface area (Å²) < 4.78 is 25.9. The van der Waals surface area contributed by atoms with Crippen molar-refractivity contribution < 1.29 is 39.4 Å². The Morgan fingerprint density at radius 1 is 0.884 bits per heavy atom. The van der Waals surface area contributed by atoms with Crippen LogP contribution in [0.1, 0.15) is 92.9 Å². The minimum absolute atomic E-state index is 0.0326. The summed E-state index contributed by atoms with van der Waals surface area (Å²) in [4.78, 5) is 0. The smallest absolute Gasteiger partial charge is 0.199 e. The van der Waals surface area contributed by atoms with Gasteiger partial charge in [0.15, 0.2) is 12.1 Å². The van der Waals surface area contributed by atoms with Gasteiger partial charge in [-0.15, -0.1) is 0 Å². The lowest BCUT2D eigenvalue weighted by Gasteiger charge is -2.63. The van der Waals surface area contributed by atoms with Crippen LogP contribution < -0.4 is 0 Å². The van der Waals surface area contributed by atoms with Crippen molar-refractivity contribution in [1.29, 1.82) is 0 Å². The predicted octanol–water partition coefficient (Wildman–Crippen LogP) is 3.93. The highest BCUT2D eigenvalue weighted by molar-refractivity contribution is 5.34. The summed E-state index contributed by atoms with van der Waals surface area (Å²) >= 11 is 0. The molecular formula is C35H54O8. The van der Waals surface area contributed by atoms with Crippen molar-refractivity contribution in [3.05, 3.63) is 12.2 Å². The minimum Gasteiger partial charge on any atom is -0.388 e. The van der Waals surface area contributed by atoms with Crippen molar-refractivity contribution in [2.45, 2.75) is 148 Å². The topological polar surface area (TPSA) is 118 Å². The van der Waals surface area contributed by atoms with Gasteiger partial charge in [0.25, 0.3) is 0 Å². The molecular weight excluding hydrogens is 548 g/mol. The molecule has 0 aromatic carbocycles. The number of rotatable bonds is 3. The van der Waals surface area contributed by atoms with E-state index in [9.17, 15) is 20.4 Å². The fourth-order valence-corrected chi connectivity index (χ4v) is 13.8. The standard InChI is InChI=1S/C35H54O8/c1-17(2)26-20-14-18(3)27-31(6)12-13-34-16-33(34)11-10-23(41-28-25(38)24(37)19(36)15-40-28)30(4,5)21(33)8-9-22(34)32(31,7)29(39)35(27,42-20)43-26/h18-29,36-39H,1,8-16H2,2-7H3/t18-,19+,20+,21+,22+,23+,24+,25-,26+,27-,28+,29-,31-,32-,33-,34+,35+/m1/s1. The van der Waals surface area contributed by atoms with Gasteiger partial charge in [0, 0.05) is 11.3 Å². The number of ether oxygens (including phenoxy) is 4. The van der Waals surface area contributed by atoms with Gasteiger partial charge in [0.1, 0.15) is 30.5 Å². The fraction of sp³-hybridized carbons (Fsp3) is 0.943. The number of aliphatic hydroxyl groups is 4. The first kappa shape index (κ1) is 29.8. The monoisotopic (exact) mass is 602 g/mol. The Labute approximate surface area is 256 Å². The second-order valence-electron chi connectivity index (χ2n) is 17.5. The molecule has 3 aliphatic heterocycles. The summed E-state index contributed by atoms with van der Waals surface area (Å²) in [7, 11) is 0. The van der Waals surface area contributed by atoms with Crippen LogP contribution in [-0.4, -0.2) is 81.8 Å². The summed E-state index contributed by atoms with van der Waals surface area (Å²) in [5.41, 5.74) is 0.877. The Bertz CT molecular complexity index is 1210. The van der Waals surface area contributed by atoms with Crippen molar-refractivity contribution in [2.24, 2.45) is 50.7 Å². The normalized spacial score (nSPS) is 62.8. The van der Waals surface area contributed by atoms with Gasteiger partial charge in [-0.25, -0.2) is 0 Å². The van der Waals surface area contributed by atoms with Gasteiger partial charge in [0.05, 0.1) is 18.8 Å². The highest BCUT2D eigenvalue weighted by atomic mass is 16.8. The molecule has 43 heavy (non-hydrogen) atoms. The predicted molar refractivity (Wildman–Crippen MR) is 157 cm³/mol. The van der Waals surface area contributed by atoms with Crippen molar-refractivity contribution in [2.75, 3.05) is 6.61 Å². The Balaban J connectivity index is 1.10. The first-order valence-corrected chi connectivity index (χ1v) is 17.1. The molecule has 5 saturated carbocycles. The zero-order valence-corrected chi connectivity index (χ0v) is 26.9. The van der Waals surface area contributed by atoms with Gasteiger partial charge in [-0.1, -0.05) is 41.2 Å². The first-order valence-electron chi connectivity index (χ1n) is 17.1. The average molecular weight is 603 g/mol. The maximum absolute atomic E-state index is 12.6. The molecule has 3 spiro atoms. The quantitative estimate of drug-likeness (QED) is 0.284. The first-order chi connectivity index (χ1) is 20.1. The van der Waals surface area contributed by atoms with E-state index in [0.29, 0.717) is 17.8 Å². The Morgan fingerprint density at radius 3 is 2.30 bits per heavy atom. The molecule has 5 aliphatic carbocycles. The molecule has 8 fully saturated rings. The molecule has 0 unspecified atom stereocenters. The van der Waals surface area contributed by atoms with Gasteiger partial charge >= 0.3 is 0 Å². The molecule has 8 aliphatic rings. The van der Waals surface area contributed by atoms with Gasteiger partial charge in [0.2, 0.25) is 0 Å². The van der Waals surface area contributed by atoms with Crippen molar-refractivity contribution in [3.63, 3.8) is 0 Å². The Morgan fingerprint density at radius 2 is 1.58 bits per heavy atom. The van der Waals surface area contributed by atoms with Crippen molar-refractivity contribution in [1.82, 2.24) is 0 Å². The number of fused-ring (bicyclic) bond motifs is 4. The third kappa shape index (κ3) is 3.26. The van der Waals surface area contributed by atoms with Gasteiger partial charge < -0.3 is 39.4 Å². The van der Waals surface area contributed by atoms with Crippen LogP contribution >= 0.6 is 0 Å². The molecule has 0 amide bonds. The van der Waals surface area contributed by atoms with Gasteiger partial charge in [-0.05, 0) is 103 Å². The van der Waals surface area contributed by atoms with Gasteiger partial charge in [-0.3, -0.25) is 0 Å². The lowest BCUT2D eigenvalue weighted by atomic mass is 9.41. The zero-order valence-electron chi connectivity index (χ0n) is 26.9. The maximum Gasteiger partial charge on any atom is 0.199 e. The molecule has 2 bridgehead atoms. The third-order valence-corrected chi connectivity index (χ3v) is 15.7.